The second kappa shape index (κ2) is 8.15. The van der Waals surface area contributed by atoms with E-state index in [1.54, 1.807) is 0 Å². The molecule has 0 aliphatic carbocycles. The number of hydrogen-bond donors (Lipinski definition) is 3. The first-order valence-electron chi connectivity index (χ1n) is 7.30. The molecular weight excluding hydrogens is 242 g/mol. The van der Waals surface area contributed by atoms with Crippen LogP contribution in [0.4, 0.5) is 0 Å². The Bertz CT molecular complexity index is 305. The first-order valence-corrected chi connectivity index (χ1v) is 7.30. The summed E-state index contributed by atoms with van der Waals surface area (Å²) in [5, 5.41) is 5.66. The van der Waals surface area contributed by atoms with Crippen molar-refractivity contribution in [3.05, 3.63) is 0 Å². The summed E-state index contributed by atoms with van der Waals surface area (Å²) < 4.78 is 0. The van der Waals surface area contributed by atoms with Crippen LogP contribution in [0.2, 0.25) is 0 Å². The fourth-order valence-electron chi connectivity index (χ4n) is 2.52. The van der Waals surface area contributed by atoms with Crippen molar-refractivity contribution in [2.75, 3.05) is 13.1 Å². The lowest BCUT2D eigenvalue weighted by Gasteiger charge is -2.19. The lowest BCUT2D eigenvalue weighted by atomic mass is 9.94. The number of carbonyl (C=O) groups excluding carboxylic acids is 2. The topological polar surface area (TPSA) is 84.2 Å². The van der Waals surface area contributed by atoms with E-state index in [2.05, 4.69) is 24.5 Å². The zero-order valence-electron chi connectivity index (χ0n) is 12.1. The smallest absolute Gasteiger partial charge is 0.242 e. The van der Waals surface area contributed by atoms with Crippen molar-refractivity contribution in [1.29, 1.82) is 0 Å². The van der Waals surface area contributed by atoms with Gasteiger partial charge < -0.3 is 16.4 Å². The van der Waals surface area contributed by atoms with Gasteiger partial charge in [0.05, 0.1) is 0 Å². The molecule has 2 amide bonds. The number of nitrogens with one attached hydrogen (secondary N) is 2. The summed E-state index contributed by atoms with van der Waals surface area (Å²) in [6.07, 6.45) is 4.04. The zero-order chi connectivity index (χ0) is 14.3. The molecule has 0 aromatic rings. The van der Waals surface area contributed by atoms with Gasteiger partial charge in [0.15, 0.2) is 0 Å². The van der Waals surface area contributed by atoms with Gasteiger partial charge in [0.1, 0.15) is 6.04 Å². The van der Waals surface area contributed by atoms with Crippen molar-refractivity contribution in [1.82, 2.24) is 10.6 Å². The fourth-order valence-corrected chi connectivity index (χ4v) is 2.52. The van der Waals surface area contributed by atoms with E-state index in [-0.39, 0.29) is 23.8 Å². The fraction of sp³-hybridized carbons (Fsp3) is 0.857. The molecule has 110 valence electrons. The lowest BCUT2D eigenvalue weighted by Crippen LogP contribution is -2.46. The van der Waals surface area contributed by atoms with E-state index in [4.69, 9.17) is 5.73 Å². The van der Waals surface area contributed by atoms with Crippen LogP contribution in [-0.2, 0) is 9.59 Å². The molecule has 1 aliphatic heterocycles. The summed E-state index contributed by atoms with van der Waals surface area (Å²) in [7, 11) is 0. The zero-order valence-corrected chi connectivity index (χ0v) is 12.1. The minimum Gasteiger partial charge on any atom is -0.354 e. The van der Waals surface area contributed by atoms with Gasteiger partial charge >= 0.3 is 0 Å². The average molecular weight is 269 g/mol. The number of rotatable bonds is 6. The van der Waals surface area contributed by atoms with Crippen molar-refractivity contribution in [3.8, 4) is 0 Å². The maximum absolute atomic E-state index is 12.0. The Balaban J connectivity index is 2.42. The Hall–Kier alpha value is -1.10. The maximum atomic E-state index is 12.0. The van der Waals surface area contributed by atoms with Crippen LogP contribution in [0.3, 0.4) is 0 Å². The van der Waals surface area contributed by atoms with Crippen molar-refractivity contribution < 1.29 is 9.59 Å². The minimum atomic E-state index is -0.368. The normalized spacial score (nSPS) is 21.7. The van der Waals surface area contributed by atoms with E-state index < -0.39 is 0 Å². The van der Waals surface area contributed by atoms with Crippen LogP contribution >= 0.6 is 0 Å². The van der Waals surface area contributed by atoms with Gasteiger partial charge in [-0.15, -0.1) is 0 Å². The lowest BCUT2D eigenvalue weighted by molar-refractivity contribution is -0.129. The van der Waals surface area contributed by atoms with Gasteiger partial charge in [-0.25, -0.2) is 0 Å². The van der Waals surface area contributed by atoms with E-state index >= 15 is 0 Å². The van der Waals surface area contributed by atoms with Crippen LogP contribution in [0.15, 0.2) is 0 Å². The van der Waals surface area contributed by atoms with Crippen LogP contribution in [-0.4, -0.2) is 30.9 Å². The van der Waals surface area contributed by atoms with Gasteiger partial charge in [0, 0.05) is 13.0 Å². The summed E-state index contributed by atoms with van der Waals surface area (Å²) in [6.45, 7) is 5.48. The molecule has 19 heavy (non-hydrogen) atoms. The van der Waals surface area contributed by atoms with Crippen molar-refractivity contribution in [2.45, 2.75) is 52.0 Å². The third-order valence-corrected chi connectivity index (χ3v) is 3.48. The van der Waals surface area contributed by atoms with Crippen LogP contribution in [0.1, 0.15) is 46.0 Å². The third kappa shape index (κ3) is 6.05. The Morgan fingerprint density at radius 3 is 2.84 bits per heavy atom. The molecule has 1 aliphatic rings. The quantitative estimate of drug-likeness (QED) is 0.666. The second-order valence-electron chi connectivity index (χ2n) is 5.84. The molecule has 0 spiro atoms. The molecule has 1 heterocycles. The van der Waals surface area contributed by atoms with Crippen LogP contribution in [0.25, 0.3) is 0 Å². The number of hydrogen-bond acceptors (Lipinski definition) is 3. The highest BCUT2D eigenvalue weighted by atomic mass is 16.2. The highest BCUT2D eigenvalue weighted by molar-refractivity contribution is 5.87. The first kappa shape index (κ1) is 16.0. The van der Waals surface area contributed by atoms with Gasteiger partial charge in [0.25, 0.3) is 0 Å². The predicted molar refractivity (Wildman–Crippen MR) is 75.4 cm³/mol. The molecule has 0 saturated carbocycles. The van der Waals surface area contributed by atoms with E-state index in [0.717, 1.165) is 25.7 Å². The third-order valence-electron chi connectivity index (χ3n) is 3.48. The average Bonchev–Trinajstić information content (AvgIpc) is 2.53. The molecule has 1 unspecified atom stereocenters. The molecule has 5 nitrogen and oxygen atoms in total. The molecule has 4 N–H and O–H groups in total. The van der Waals surface area contributed by atoms with Gasteiger partial charge in [-0.1, -0.05) is 13.8 Å². The van der Waals surface area contributed by atoms with Crippen LogP contribution in [0, 0.1) is 11.8 Å². The van der Waals surface area contributed by atoms with Gasteiger partial charge in [0.2, 0.25) is 11.8 Å². The van der Waals surface area contributed by atoms with Gasteiger partial charge in [-0.2, -0.15) is 0 Å². The first-order chi connectivity index (χ1) is 9.02. The summed E-state index contributed by atoms with van der Waals surface area (Å²) in [5.41, 5.74) is 5.70. The highest BCUT2D eigenvalue weighted by Crippen LogP contribution is 2.14. The molecule has 2 atom stereocenters. The molecule has 1 rings (SSSR count). The molecule has 0 aromatic heterocycles. The molecule has 0 radical (unpaired) electrons. The second-order valence-corrected chi connectivity index (χ2v) is 5.84. The summed E-state index contributed by atoms with van der Waals surface area (Å²) in [6, 6.07) is -0.368. The van der Waals surface area contributed by atoms with Crippen molar-refractivity contribution in [3.63, 3.8) is 0 Å². The number of amides is 2. The predicted octanol–water partition coefficient (Wildman–Crippen LogP) is 0.782. The van der Waals surface area contributed by atoms with Gasteiger partial charge in [-0.05, 0) is 44.1 Å². The van der Waals surface area contributed by atoms with Crippen molar-refractivity contribution in [2.24, 2.45) is 17.6 Å². The standard InChI is InChI=1S/C14H27N3O2/c1-10(2)7-11(9-15)8-13(18)17-12-5-3-4-6-16-14(12)19/h10-12H,3-9,15H2,1-2H3,(H,16,19)(H,17,18)/t11-,12?/m0/s1. The van der Waals surface area contributed by atoms with E-state index in [9.17, 15) is 9.59 Å². The Morgan fingerprint density at radius 2 is 2.21 bits per heavy atom. The van der Waals surface area contributed by atoms with E-state index in [0.29, 0.717) is 25.4 Å². The molecule has 1 saturated heterocycles. The molecule has 5 heteroatoms. The summed E-state index contributed by atoms with van der Waals surface area (Å²) >= 11 is 0. The molecule has 1 fully saturated rings. The van der Waals surface area contributed by atoms with E-state index in [1.165, 1.54) is 0 Å². The summed E-state index contributed by atoms with van der Waals surface area (Å²) in [4.78, 5) is 23.7. The number of carbonyl (C=O) groups is 2. The monoisotopic (exact) mass is 269 g/mol. The Labute approximate surface area is 115 Å². The van der Waals surface area contributed by atoms with Crippen LogP contribution in [0.5, 0.6) is 0 Å². The minimum absolute atomic E-state index is 0.0565. The Kier molecular flexibility index (Phi) is 6.84. The molecule has 0 bridgehead atoms. The van der Waals surface area contributed by atoms with E-state index in [1.807, 2.05) is 0 Å². The highest BCUT2D eigenvalue weighted by Gasteiger charge is 2.23. The molecule has 0 aromatic carbocycles. The van der Waals surface area contributed by atoms with Gasteiger partial charge in [-0.3, -0.25) is 9.59 Å². The maximum Gasteiger partial charge on any atom is 0.242 e. The largest absolute Gasteiger partial charge is 0.354 e. The number of nitrogens with two attached hydrogens (primary N) is 1. The molecular formula is C14H27N3O2. The summed E-state index contributed by atoms with van der Waals surface area (Å²) in [5.74, 6) is 0.619. The Morgan fingerprint density at radius 1 is 1.47 bits per heavy atom. The SMILES string of the molecule is CC(C)C[C@H](CN)CC(=O)NC1CCCCNC1=O. The van der Waals surface area contributed by atoms with Crippen molar-refractivity contribution >= 4 is 11.8 Å². The van der Waals surface area contributed by atoms with Crippen LogP contribution < -0.4 is 16.4 Å².